The molecule has 50 heavy (non-hydrogen) atoms. The number of nitrogens with two attached hydrogens (primary N) is 1. The molecule has 1 aliphatic rings. The Morgan fingerprint density at radius 2 is 1.52 bits per heavy atom. The summed E-state index contributed by atoms with van der Waals surface area (Å²) in [6.07, 6.45) is -5.61. The Balaban J connectivity index is 0.000000521. The summed E-state index contributed by atoms with van der Waals surface area (Å²) in [5.41, 5.74) is 8.63. The minimum atomic E-state index is -5.08. The summed E-state index contributed by atoms with van der Waals surface area (Å²) in [7, 11) is 0. The van der Waals surface area contributed by atoms with Crippen molar-refractivity contribution < 1.29 is 60.0 Å². The van der Waals surface area contributed by atoms with Crippen LogP contribution in [0.15, 0.2) is 54.6 Å². The van der Waals surface area contributed by atoms with Crippen molar-refractivity contribution in [1.29, 1.82) is 5.41 Å². The molecule has 0 spiro atoms. The third-order valence-corrected chi connectivity index (χ3v) is 6.87. The number of carbonyl (C=O) groups is 2. The SMILES string of the molecule is CCOc1cc(CN(c2ccc(C(=N)N)cc2)c2cccc(C3CCCC3)n2)c(F)c(OC(C)C)c1.O=C(O)C(F)(F)F.O=C(O)C(F)(F)F. The van der Waals surface area contributed by atoms with Crippen molar-refractivity contribution in [2.45, 2.75) is 77.4 Å². The fourth-order valence-corrected chi connectivity index (χ4v) is 4.67. The molecule has 2 aromatic carbocycles. The van der Waals surface area contributed by atoms with Crippen LogP contribution in [0.1, 0.15) is 69.2 Å². The maximum absolute atomic E-state index is 15.7. The summed E-state index contributed by atoms with van der Waals surface area (Å²) in [4.78, 5) is 24.8. The lowest BCUT2D eigenvalue weighted by Crippen LogP contribution is -2.21. The van der Waals surface area contributed by atoms with Crippen molar-refractivity contribution in [1.82, 2.24) is 4.98 Å². The van der Waals surface area contributed by atoms with Crippen molar-refractivity contribution in [3.05, 3.63) is 77.2 Å². The zero-order valence-corrected chi connectivity index (χ0v) is 27.2. The zero-order valence-electron chi connectivity index (χ0n) is 27.2. The minimum absolute atomic E-state index is 0.000363. The number of amidine groups is 1. The normalized spacial score (nSPS) is 13.0. The number of benzene rings is 2. The van der Waals surface area contributed by atoms with Gasteiger partial charge in [-0.3, -0.25) is 5.41 Å². The Labute approximate surface area is 283 Å². The molecule has 0 atom stereocenters. The molecule has 1 aromatic heterocycles. The van der Waals surface area contributed by atoms with Gasteiger partial charge in [-0.05, 0) is 76.1 Å². The van der Waals surface area contributed by atoms with Crippen LogP contribution in [0.5, 0.6) is 11.5 Å². The van der Waals surface area contributed by atoms with Crippen LogP contribution in [0.25, 0.3) is 0 Å². The lowest BCUT2D eigenvalue weighted by Gasteiger charge is -2.26. The number of alkyl halides is 6. The summed E-state index contributed by atoms with van der Waals surface area (Å²) in [5, 5.41) is 22.0. The first kappa shape index (κ1) is 41.1. The highest BCUT2D eigenvalue weighted by Gasteiger charge is 2.39. The number of ether oxygens (including phenoxy) is 2. The molecule has 1 fully saturated rings. The average Bonchev–Trinajstić information content (AvgIpc) is 3.57. The van der Waals surface area contributed by atoms with Gasteiger partial charge in [-0.1, -0.05) is 18.9 Å². The van der Waals surface area contributed by atoms with Gasteiger partial charge >= 0.3 is 24.3 Å². The summed E-state index contributed by atoms with van der Waals surface area (Å²) in [6, 6.07) is 16.8. The molecular weight excluding hydrogens is 681 g/mol. The smallest absolute Gasteiger partial charge is 0.490 e. The lowest BCUT2D eigenvalue weighted by atomic mass is 10.0. The number of hydrogen-bond donors (Lipinski definition) is 4. The van der Waals surface area contributed by atoms with Crippen molar-refractivity contribution in [2.24, 2.45) is 5.73 Å². The number of carboxylic acid groups (broad SMARTS) is 2. The van der Waals surface area contributed by atoms with Gasteiger partial charge in [-0.25, -0.2) is 19.0 Å². The van der Waals surface area contributed by atoms with Gasteiger partial charge in [-0.2, -0.15) is 26.3 Å². The first-order valence-corrected chi connectivity index (χ1v) is 15.2. The number of aliphatic carboxylic acids is 2. The monoisotopic (exact) mass is 718 g/mol. The molecule has 0 unspecified atom stereocenters. The standard InChI is InChI=1S/C29H35FN4O2.2C2HF3O2/c1-4-35-24-16-22(28(30)26(17-24)36-19(2)3)18-34(23-14-12-21(13-15-23)29(31)32)27-11-7-10-25(33-27)20-8-5-6-9-20;2*3-2(4,5)1(6)7/h7,10-17,19-20H,4-6,8-9,18H2,1-3H3,(H3,31,32);2*(H,6,7). The third kappa shape index (κ3) is 12.7. The molecule has 5 N–H and O–H groups in total. The highest BCUT2D eigenvalue weighted by atomic mass is 19.4. The first-order valence-electron chi connectivity index (χ1n) is 15.2. The molecule has 0 saturated heterocycles. The van der Waals surface area contributed by atoms with Gasteiger partial charge in [0.05, 0.1) is 19.3 Å². The van der Waals surface area contributed by atoms with E-state index in [4.69, 9.17) is 45.4 Å². The van der Waals surface area contributed by atoms with E-state index in [1.54, 1.807) is 24.3 Å². The quantitative estimate of drug-likeness (QED) is 0.0927. The topological polar surface area (TPSA) is 159 Å². The molecule has 0 radical (unpaired) electrons. The van der Waals surface area contributed by atoms with E-state index in [0.717, 1.165) is 30.0 Å². The van der Waals surface area contributed by atoms with Crippen LogP contribution in [0.3, 0.4) is 0 Å². The number of nitrogens with zero attached hydrogens (tertiary/aromatic N) is 2. The maximum atomic E-state index is 15.7. The number of pyridine rings is 1. The number of carboxylic acids is 2. The number of nitrogens with one attached hydrogen (secondary N) is 1. The zero-order chi connectivity index (χ0) is 37.8. The van der Waals surface area contributed by atoms with Crippen LogP contribution in [-0.2, 0) is 16.1 Å². The summed E-state index contributed by atoms with van der Waals surface area (Å²) < 4.78 is 90.6. The van der Waals surface area contributed by atoms with Gasteiger partial charge in [0.2, 0.25) is 0 Å². The van der Waals surface area contributed by atoms with Gasteiger partial charge in [0.1, 0.15) is 17.4 Å². The Kier molecular flexibility index (Phi) is 14.8. The summed E-state index contributed by atoms with van der Waals surface area (Å²) in [5.74, 6) is -4.00. The fraction of sp³-hybridized carbons (Fsp3) is 0.394. The van der Waals surface area contributed by atoms with Crippen molar-refractivity contribution in [2.75, 3.05) is 11.5 Å². The van der Waals surface area contributed by atoms with Crippen LogP contribution in [0.4, 0.5) is 42.2 Å². The molecule has 1 aliphatic carbocycles. The molecule has 0 amide bonds. The summed E-state index contributed by atoms with van der Waals surface area (Å²) in [6.45, 7) is 6.32. The van der Waals surface area contributed by atoms with E-state index in [-0.39, 0.29) is 24.2 Å². The van der Waals surface area contributed by atoms with E-state index in [0.29, 0.717) is 29.4 Å². The molecule has 0 aliphatic heterocycles. The largest absolute Gasteiger partial charge is 0.494 e. The number of hydrogen-bond acceptors (Lipinski definition) is 7. The average molecular weight is 719 g/mol. The van der Waals surface area contributed by atoms with Crippen molar-refractivity contribution in [3.63, 3.8) is 0 Å². The molecule has 0 bridgehead atoms. The Bertz CT molecular complexity index is 1570. The molecule has 1 heterocycles. The molecule has 4 rings (SSSR count). The van der Waals surface area contributed by atoms with Crippen molar-refractivity contribution in [3.8, 4) is 11.5 Å². The first-order chi connectivity index (χ1) is 23.2. The predicted octanol–water partition coefficient (Wildman–Crippen LogP) is 7.95. The van der Waals surface area contributed by atoms with E-state index >= 15 is 4.39 Å². The minimum Gasteiger partial charge on any atom is -0.494 e. The molecule has 1 saturated carbocycles. The molecule has 10 nitrogen and oxygen atoms in total. The van der Waals surface area contributed by atoms with Crippen LogP contribution in [0, 0.1) is 11.2 Å². The van der Waals surface area contributed by atoms with Gasteiger partial charge in [0, 0.05) is 34.5 Å². The number of anilines is 2. The van der Waals surface area contributed by atoms with E-state index in [9.17, 15) is 26.3 Å². The van der Waals surface area contributed by atoms with Crippen LogP contribution in [0.2, 0.25) is 0 Å². The predicted molar refractivity (Wildman–Crippen MR) is 169 cm³/mol. The van der Waals surface area contributed by atoms with Gasteiger partial charge in [0.25, 0.3) is 0 Å². The number of nitrogen functional groups attached to an aromatic ring is 1. The number of aromatic nitrogens is 1. The molecule has 17 heteroatoms. The van der Waals surface area contributed by atoms with Gasteiger partial charge in [0.15, 0.2) is 11.6 Å². The van der Waals surface area contributed by atoms with Gasteiger partial charge < -0.3 is 30.3 Å². The second kappa shape index (κ2) is 18.1. The van der Waals surface area contributed by atoms with Crippen molar-refractivity contribution >= 4 is 29.3 Å². The number of rotatable bonds is 10. The highest BCUT2D eigenvalue weighted by Crippen LogP contribution is 2.36. The van der Waals surface area contributed by atoms with Crippen LogP contribution in [-0.4, -0.2) is 58.0 Å². The van der Waals surface area contributed by atoms with E-state index in [1.165, 1.54) is 12.8 Å². The second-order valence-electron chi connectivity index (χ2n) is 11.0. The Hall–Kier alpha value is -5.09. The van der Waals surface area contributed by atoms with Crippen LogP contribution < -0.4 is 20.1 Å². The maximum Gasteiger partial charge on any atom is 0.490 e. The summed E-state index contributed by atoms with van der Waals surface area (Å²) >= 11 is 0. The van der Waals surface area contributed by atoms with Crippen LogP contribution >= 0.6 is 0 Å². The fourth-order valence-electron chi connectivity index (χ4n) is 4.67. The number of halogens is 7. The molecular formula is C33H37F7N4O6. The van der Waals surface area contributed by atoms with E-state index < -0.39 is 30.1 Å². The third-order valence-electron chi connectivity index (χ3n) is 6.87. The molecule has 3 aromatic rings. The van der Waals surface area contributed by atoms with E-state index in [1.807, 2.05) is 49.9 Å². The highest BCUT2D eigenvalue weighted by molar-refractivity contribution is 5.95. The Morgan fingerprint density at radius 1 is 0.980 bits per heavy atom. The molecule has 274 valence electrons. The Morgan fingerprint density at radius 3 is 1.98 bits per heavy atom. The second-order valence-corrected chi connectivity index (χ2v) is 11.0. The van der Waals surface area contributed by atoms with Gasteiger partial charge in [-0.15, -0.1) is 0 Å². The lowest BCUT2D eigenvalue weighted by molar-refractivity contribution is -0.193. The van der Waals surface area contributed by atoms with E-state index in [2.05, 4.69) is 6.07 Å².